The number of guanidine groups is 1. The summed E-state index contributed by atoms with van der Waals surface area (Å²) in [4.78, 5) is 11.4. The summed E-state index contributed by atoms with van der Waals surface area (Å²) in [6, 6.07) is 0. The molecule has 0 bridgehead atoms. The first-order valence-electron chi connectivity index (χ1n) is 8.09. The second-order valence-corrected chi connectivity index (χ2v) is 6.82. The van der Waals surface area contributed by atoms with E-state index in [0.29, 0.717) is 18.4 Å². The minimum atomic E-state index is 0. The fourth-order valence-corrected chi connectivity index (χ4v) is 3.32. The van der Waals surface area contributed by atoms with E-state index in [1.807, 2.05) is 0 Å². The van der Waals surface area contributed by atoms with Gasteiger partial charge in [0.1, 0.15) is 5.01 Å². The van der Waals surface area contributed by atoms with Crippen LogP contribution < -0.4 is 11.1 Å². The second kappa shape index (κ2) is 9.75. The molecule has 3 rings (SSSR count). The smallest absolute Gasteiger partial charge is 0.189 e. The number of nitrogens with zero attached hydrogens (tertiary/aromatic N) is 3. The molecule has 3 N–H and O–H groups in total. The minimum Gasteiger partial charge on any atom is -0.379 e. The van der Waals surface area contributed by atoms with Crippen molar-refractivity contribution in [2.75, 3.05) is 39.4 Å². The second-order valence-electron chi connectivity index (χ2n) is 5.88. The van der Waals surface area contributed by atoms with Gasteiger partial charge in [0.05, 0.1) is 25.5 Å². The Hall–Kier alpha value is -0.450. The lowest BCUT2D eigenvalue weighted by Gasteiger charge is -2.26. The molecular weight excluding hydrogens is 425 g/mol. The Morgan fingerprint density at radius 3 is 2.96 bits per heavy atom. The number of halogens is 1. The Morgan fingerprint density at radius 1 is 1.43 bits per heavy atom. The monoisotopic (exact) mass is 451 g/mol. The van der Waals surface area contributed by atoms with Gasteiger partial charge in [-0.3, -0.25) is 4.90 Å². The van der Waals surface area contributed by atoms with Crippen molar-refractivity contribution in [3.8, 4) is 0 Å². The number of hydrogen-bond donors (Lipinski definition) is 2. The van der Waals surface area contributed by atoms with Gasteiger partial charge in [-0.15, -0.1) is 35.3 Å². The molecule has 1 aromatic rings. The molecule has 1 aliphatic heterocycles. The third kappa shape index (κ3) is 6.52. The molecule has 0 spiro atoms. The van der Waals surface area contributed by atoms with Crippen LogP contribution in [-0.4, -0.2) is 55.2 Å². The summed E-state index contributed by atoms with van der Waals surface area (Å²) in [6.07, 6.45) is 3.65. The number of hydrogen-bond acceptors (Lipinski definition) is 5. The van der Waals surface area contributed by atoms with Gasteiger partial charge in [0.15, 0.2) is 5.96 Å². The lowest BCUT2D eigenvalue weighted by molar-refractivity contribution is 0.0376. The molecule has 8 heteroatoms. The van der Waals surface area contributed by atoms with E-state index < -0.39 is 0 Å². The topological polar surface area (TPSA) is 75.8 Å². The molecule has 0 unspecified atom stereocenters. The van der Waals surface area contributed by atoms with Crippen molar-refractivity contribution in [2.45, 2.75) is 31.7 Å². The maximum Gasteiger partial charge on any atom is 0.189 e. The highest BCUT2D eigenvalue weighted by atomic mass is 127. The fourth-order valence-electron chi connectivity index (χ4n) is 2.52. The Kier molecular flexibility index (Phi) is 8.01. The zero-order chi connectivity index (χ0) is 15.2. The van der Waals surface area contributed by atoms with Gasteiger partial charge in [0.2, 0.25) is 0 Å². The molecule has 1 aliphatic carbocycles. The van der Waals surface area contributed by atoms with Crippen molar-refractivity contribution < 1.29 is 4.74 Å². The zero-order valence-electron chi connectivity index (χ0n) is 13.4. The van der Waals surface area contributed by atoms with Crippen LogP contribution in [-0.2, 0) is 11.3 Å². The van der Waals surface area contributed by atoms with Crippen molar-refractivity contribution >= 4 is 41.3 Å². The number of aromatic nitrogens is 1. The van der Waals surface area contributed by atoms with Crippen molar-refractivity contribution in [1.82, 2.24) is 15.2 Å². The average molecular weight is 451 g/mol. The van der Waals surface area contributed by atoms with E-state index in [9.17, 15) is 0 Å². The standard InChI is InChI=1S/C15H25N5OS.HI/c16-15(17-4-1-5-20-6-8-21-9-7-20)18-10-14-19-13(11-22-14)12-2-3-12;/h11-12H,1-10H2,(H3,16,17,18);1H. The van der Waals surface area contributed by atoms with Gasteiger partial charge in [0.25, 0.3) is 0 Å². The molecule has 2 aliphatic rings. The molecular formula is C15H26IN5OS. The van der Waals surface area contributed by atoms with E-state index in [1.54, 1.807) is 11.3 Å². The molecule has 23 heavy (non-hydrogen) atoms. The summed E-state index contributed by atoms with van der Waals surface area (Å²) in [5.41, 5.74) is 7.14. The van der Waals surface area contributed by atoms with Gasteiger partial charge < -0.3 is 15.8 Å². The highest BCUT2D eigenvalue weighted by Crippen LogP contribution is 2.40. The van der Waals surface area contributed by atoms with Crippen molar-refractivity contribution in [2.24, 2.45) is 10.7 Å². The number of aliphatic imine (C=N–C) groups is 1. The van der Waals surface area contributed by atoms with Gasteiger partial charge in [0, 0.05) is 30.9 Å². The molecule has 0 atom stereocenters. The van der Waals surface area contributed by atoms with E-state index >= 15 is 0 Å². The van der Waals surface area contributed by atoms with Gasteiger partial charge in [-0.2, -0.15) is 0 Å². The summed E-state index contributed by atoms with van der Waals surface area (Å²) in [5.74, 6) is 1.23. The van der Waals surface area contributed by atoms with Crippen molar-refractivity contribution in [3.05, 3.63) is 16.1 Å². The first-order valence-corrected chi connectivity index (χ1v) is 8.97. The number of morpholine rings is 1. The van der Waals surface area contributed by atoms with Crippen LogP contribution in [0.2, 0.25) is 0 Å². The zero-order valence-corrected chi connectivity index (χ0v) is 16.5. The van der Waals surface area contributed by atoms with Crippen LogP contribution in [0.1, 0.15) is 35.9 Å². The summed E-state index contributed by atoms with van der Waals surface area (Å²) in [5, 5.41) is 6.40. The number of nitrogens with one attached hydrogen (secondary N) is 1. The normalized spacial score (nSPS) is 19.4. The lowest BCUT2D eigenvalue weighted by atomic mass is 10.3. The molecule has 130 valence electrons. The lowest BCUT2D eigenvalue weighted by Crippen LogP contribution is -2.39. The van der Waals surface area contributed by atoms with Crippen molar-refractivity contribution in [1.29, 1.82) is 0 Å². The maximum atomic E-state index is 5.90. The summed E-state index contributed by atoms with van der Waals surface area (Å²) in [7, 11) is 0. The van der Waals surface area contributed by atoms with Gasteiger partial charge in [-0.1, -0.05) is 0 Å². The van der Waals surface area contributed by atoms with E-state index in [0.717, 1.165) is 50.8 Å². The van der Waals surface area contributed by atoms with Crippen LogP contribution in [0.3, 0.4) is 0 Å². The molecule has 1 aromatic heterocycles. The van der Waals surface area contributed by atoms with Crippen LogP contribution in [0.25, 0.3) is 0 Å². The number of rotatable bonds is 7. The Balaban J connectivity index is 0.00000192. The van der Waals surface area contributed by atoms with E-state index in [4.69, 9.17) is 10.5 Å². The predicted octanol–water partition coefficient (Wildman–Crippen LogP) is 1.77. The molecule has 0 radical (unpaired) electrons. The molecule has 0 aromatic carbocycles. The quantitative estimate of drug-likeness (QED) is 0.286. The third-order valence-corrected chi connectivity index (χ3v) is 4.86. The first-order chi connectivity index (χ1) is 10.8. The van der Waals surface area contributed by atoms with E-state index in [-0.39, 0.29) is 24.0 Å². The summed E-state index contributed by atoms with van der Waals surface area (Å²) in [6.45, 7) is 6.31. The fraction of sp³-hybridized carbons (Fsp3) is 0.733. The number of thiazole rings is 1. The molecule has 1 saturated heterocycles. The highest BCUT2D eigenvalue weighted by molar-refractivity contribution is 14.0. The van der Waals surface area contributed by atoms with Crippen LogP contribution in [0.15, 0.2) is 10.4 Å². The van der Waals surface area contributed by atoms with Crippen LogP contribution in [0.5, 0.6) is 0 Å². The largest absolute Gasteiger partial charge is 0.379 e. The average Bonchev–Trinajstić information content (AvgIpc) is 3.29. The molecule has 0 amide bonds. The molecule has 2 heterocycles. The van der Waals surface area contributed by atoms with Crippen LogP contribution >= 0.6 is 35.3 Å². The summed E-state index contributed by atoms with van der Waals surface area (Å²) >= 11 is 1.69. The highest BCUT2D eigenvalue weighted by Gasteiger charge is 2.25. The number of nitrogens with two attached hydrogens (primary N) is 1. The maximum absolute atomic E-state index is 5.90. The summed E-state index contributed by atoms with van der Waals surface area (Å²) < 4.78 is 5.34. The van der Waals surface area contributed by atoms with Crippen molar-refractivity contribution in [3.63, 3.8) is 0 Å². The Bertz CT molecular complexity index is 500. The van der Waals surface area contributed by atoms with Gasteiger partial charge >= 0.3 is 0 Å². The van der Waals surface area contributed by atoms with E-state index in [2.05, 4.69) is 25.6 Å². The predicted molar refractivity (Wildman–Crippen MR) is 105 cm³/mol. The molecule has 2 fully saturated rings. The van der Waals surface area contributed by atoms with Crippen LogP contribution in [0, 0.1) is 0 Å². The first kappa shape index (κ1) is 18.9. The molecule has 1 saturated carbocycles. The Morgan fingerprint density at radius 2 is 2.22 bits per heavy atom. The van der Waals surface area contributed by atoms with E-state index in [1.165, 1.54) is 18.5 Å². The molecule has 6 nitrogen and oxygen atoms in total. The van der Waals surface area contributed by atoms with Gasteiger partial charge in [-0.05, 0) is 25.8 Å². The van der Waals surface area contributed by atoms with Crippen LogP contribution in [0.4, 0.5) is 0 Å². The van der Waals surface area contributed by atoms with Gasteiger partial charge in [-0.25, -0.2) is 9.98 Å². The third-order valence-electron chi connectivity index (χ3n) is 4.01. The Labute approximate surface area is 158 Å². The SMILES string of the molecule is I.NC(=NCc1nc(C2CC2)cs1)NCCCN1CCOCC1. The minimum absolute atomic E-state index is 0. The number of ether oxygens (including phenoxy) is 1.